The van der Waals surface area contributed by atoms with Crippen molar-refractivity contribution >= 4 is 11.7 Å². The van der Waals surface area contributed by atoms with Gasteiger partial charge in [0.1, 0.15) is 0 Å². The molecule has 0 aliphatic carbocycles. The summed E-state index contributed by atoms with van der Waals surface area (Å²) in [6.45, 7) is 0. The molecule has 2 aromatic rings. The summed E-state index contributed by atoms with van der Waals surface area (Å²) in [6.07, 6.45) is 0. The maximum absolute atomic E-state index is 11.2. The molecule has 0 aliphatic heterocycles. The van der Waals surface area contributed by atoms with E-state index in [0.29, 0.717) is 5.95 Å². The van der Waals surface area contributed by atoms with E-state index in [1.54, 1.807) is 19.0 Å². The van der Waals surface area contributed by atoms with Gasteiger partial charge in [0.25, 0.3) is 5.78 Å². The number of aromatic nitrogens is 6. The van der Waals surface area contributed by atoms with Crippen LogP contribution in [0.15, 0.2) is 0 Å². The molecule has 0 bridgehead atoms. The Morgan fingerprint density at radius 2 is 2.08 bits per heavy atom. The molecule has 13 heavy (non-hydrogen) atoms. The van der Waals surface area contributed by atoms with E-state index in [4.69, 9.17) is 0 Å². The number of tetrazole rings is 1. The lowest BCUT2D eigenvalue weighted by Crippen LogP contribution is -2.16. The van der Waals surface area contributed by atoms with E-state index in [-0.39, 0.29) is 5.78 Å². The number of fused-ring (bicyclic) bond motifs is 1. The van der Waals surface area contributed by atoms with Crippen LogP contribution in [-0.2, 0) is 0 Å². The summed E-state index contributed by atoms with van der Waals surface area (Å²) in [5.74, 6) is 0.455. The van der Waals surface area contributed by atoms with E-state index in [1.807, 2.05) is 0 Å². The number of hydrogen-bond acceptors (Lipinski definition) is 7. The zero-order chi connectivity index (χ0) is 9.42. The molecule has 0 unspecified atom stereocenters. The van der Waals surface area contributed by atoms with Crippen LogP contribution in [-0.4, -0.2) is 44.1 Å². The Kier molecular flexibility index (Phi) is 1.47. The average molecular weight is 180 g/mol. The SMILES string of the molecule is CN(C)c1nc([O-])n2nnnc2n1. The Hall–Kier alpha value is -1.99. The minimum atomic E-state index is -0.529. The maximum Gasteiger partial charge on any atom is 0.277 e. The van der Waals surface area contributed by atoms with Gasteiger partial charge in [-0.15, -0.1) is 0 Å². The third-order valence-electron chi connectivity index (χ3n) is 1.43. The highest BCUT2D eigenvalue weighted by Crippen LogP contribution is 2.07. The van der Waals surface area contributed by atoms with Crippen LogP contribution in [0.1, 0.15) is 0 Å². The van der Waals surface area contributed by atoms with Gasteiger partial charge in [-0.3, -0.25) is 0 Å². The quantitative estimate of drug-likeness (QED) is 0.503. The Morgan fingerprint density at radius 3 is 2.77 bits per heavy atom. The van der Waals surface area contributed by atoms with Crippen molar-refractivity contribution in [2.75, 3.05) is 19.0 Å². The predicted molar refractivity (Wildman–Crippen MR) is 40.1 cm³/mol. The molecular formula is C5H6N7O-. The van der Waals surface area contributed by atoms with Gasteiger partial charge in [-0.2, -0.15) is 9.50 Å². The minimum Gasteiger partial charge on any atom is -0.844 e. The van der Waals surface area contributed by atoms with Crippen LogP contribution in [0.2, 0.25) is 0 Å². The second-order valence-corrected chi connectivity index (χ2v) is 2.59. The van der Waals surface area contributed by atoms with Gasteiger partial charge in [0.15, 0.2) is 0 Å². The van der Waals surface area contributed by atoms with Crippen molar-refractivity contribution in [2.45, 2.75) is 0 Å². The molecule has 0 spiro atoms. The van der Waals surface area contributed by atoms with Gasteiger partial charge in [0, 0.05) is 14.1 Å². The van der Waals surface area contributed by atoms with Gasteiger partial charge in [-0.05, 0) is 10.4 Å². The molecule has 0 saturated heterocycles. The normalized spacial score (nSPS) is 10.6. The molecule has 0 amide bonds. The second kappa shape index (κ2) is 2.51. The maximum atomic E-state index is 11.2. The summed E-state index contributed by atoms with van der Waals surface area (Å²) >= 11 is 0. The van der Waals surface area contributed by atoms with Crippen LogP contribution in [0.4, 0.5) is 5.95 Å². The highest BCUT2D eigenvalue weighted by molar-refractivity contribution is 5.37. The first-order valence-electron chi connectivity index (χ1n) is 3.49. The molecule has 0 N–H and O–H groups in total. The van der Waals surface area contributed by atoms with E-state index in [0.717, 1.165) is 4.52 Å². The Bertz CT molecular complexity index is 435. The van der Waals surface area contributed by atoms with Crippen LogP contribution in [0.5, 0.6) is 6.01 Å². The van der Waals surface area contributed by atoms with Gasteiger partial charge in [-0.1, -0.05) is 5.10 Å². The Balaban J connectivity index is 2.70. The van der Waals surface area contributed by atoms with Gasteiger partial charge in [0.05, 0.1) is 6.01 Å². The smallest absolute Gasteiger partial charge is 0.277 e. The fourth-order valence-corrected chi connectivity index (χ4v) is 0.823. The number of nitrogens with zero attached hydrogens (tertiary/aromatic N) is 7. The van der Waals surface area contributed by atoms with Crippen molar-refractivity contribution in [3.8, 4) is 6.01 Å². The lowest BCUT2D eigenvalue weighted by molar-refractivity contribution is -0.284. The molecule has 0 radical (unpaired) electrons. The Morgan fingerprint density at radius 1 is 1.31 bits per heavy atom. The summed E-state index contributed by atoms with van der Waals surface area (Å²) < 4.78 is 0.937. The molecule has 0 aromatic carbocycles. The fraction of sp³-hybridized carbons (Fsp3) is 0.400. The molecular weight excluding hydrogens is 174 g/mol. The van der Waals surface area contributed by atoms with Crippen LogP contribution in [0, 0.1) is 0 Å². The zero-order valence-electron chi connectivity index (χ0n) is 7.04. The van der Waals surface area contributed by atoms with Gasteiger partial charge >= 0.3 is 0 Å². The van der Waals surface area contributed by atoms with Crippen molar-refractivity contribution in [3.63, 3.8) is 0 Å². The molecule has 0 saturated carbocycles. The molecule has 2 aromatic heterocycles. The van der Waals surface area contributed by atoms with Crippen LogP contribution >= 0.6 is 0 Å². The average Bonchev–Trinajstić information content (AvgIpc) is 2.51. The first-order valence-corrected chi connectivity index (χ1v) is 3.49. The van der Waals surface area contributed by atoms with E-state index in [9.17, 15) is 5.11 Å². The summed E-state index contributed by atoms with van der Waals surface area (Å²) in [4.78, 5) is 9.20. The molecule has 8 heteroatoms. The topological polar surface area (TPSA) is 95.2 Å². The molecule has 68 valence electrons. The lowest BCUT2D eigenvalue weighted by Gasteiger charge is -2.12. The first-order chi connectivity index (χ1) is 6.18. The fourth-order valence-electron chi connectivity index (χ4n) is 0.823. The van der Waals surface area contributed by atoms with Crippen LogP contribution in [0.3, 0.4) is 0 Å². The summed E-state index contributed by atoms with van der Waals surface area (Å²) in [6, 6.07) is -0.529. The highest BCUT2D eigenvalue weighted by atomic mass is 16.3. The number of anilines is 1. The highest BCUT2D eigenvalue weighted by Gasteiger charge is 2.04. The third kappa shape index (κ3) is 1.11. The van der Waals surface area contributed by atoms with Crippen molar-refractivity contribution in [1.82, 2.24) is 30.0 Å². The monoisotopic (exact) mass is 180 g/mol. The molecule has 8 nitrogen and oxygen atoms in total. The predicted octanol–water partition coefficient (Wildman–Crippen LogP) is -1.95. The van der Waals surface area contributed by atoms with Crippen molar-refractivity contribution in [2.24, 2.45) is 0 Å². The van der Waals surface area contributed by atoms with Crippen molar-refractivity contribution < 1.29 is 5.11 Å². The summed E-state index contributed by atoms with van der Waals surface area (Å²) in [5.41, 5.74) is 0. The third-order valence-corrected chi connectivity index (χ3v) is 1.43. The van der Waals surface area contributed by atoms with Gasteiger partial charge in [-0.25, -0.2) is 4.98 Å². The Labute approximate surface area is 72.8 Å². The zero-order valence-corrected chi connectivity index (χ0v) is 7.04. The lowest BCUT2D eigenvalue weighted by atomic mass is 10.8. The minimum absolute atomic E-state index is 0.156. The van der Waals surface area contributed by atoms with E-state index < -0.39 is 6.01 Å². The standard InChI is InChI=1S/C5H7N7O/c1-11(2)3-6-4-8-9-10-12(4)5(13)7-3/h1-2H3,(H,6,7,8,10,13)/p-1. The summed E-state index contributed by atoms with van der Waals surface area (Å²) in [7, 11) is 3.46. The van der Waals surface area contributed by atoms with Crippen LogP contribution in [0.25, 0.3) is 5.78 Å². The van der Waals surface area contributed by atoms with Crippen molar-refractivity contribution in [3.05, 3.63) is 0 Å². The largest absolute Gasteiger partial charge is 0.844 e. The van der Waals surface area contributed by atoms with Gasteiger partial charge in [0.2, 0.25) is 5.95 Å². The molecule has 0 fully saturated rings. The molecule has 2 heterocycles. The van der Waals surface area contributed by atoms with Crippen molar-refractivity contribution in [1.29, 1.82) is 0 Å². The van der Waals surface area contributed by atoms with E-state index in [1.165, 1.54) is 0 Å². The molecule has 2 rings (SSSR count). The van der Waals surface area contributed by atoms with E-state index in [2.05, 4.69) is 25.5 Å². The first kappa shape index (κ1) is 7.65. The second-order valence-electron chi connectivity index (χ2n) is 2.59. The van der Waals surface area contributed by atoms with Crippen LogP contribution < -0.4 is 10.0 Å². The summed E-state index contributed by atoms with van der Waals surface area (Å²) in [5, 5.41) is 21.5. The number of hydrogen-bond donors (Lipinski definition) is 0. The molecule has 0 atom stereocenters. The van der Waals surface area contributed by atoms with E-state index >= 15 is 0 Å². The molecule has 0 aliphatic rings. The van der Waals surface area contributed by atoms with Gasteiger partial charge < -0.3 is 10.0 Å². The number of rotatable bonds is 1.